The van der Waals surface area contributed by atoms with Crippen molar-refractivity contribution in [2.75, 3.05) is 26.1 Å². The smallest absolute Gasteiger partial charge is 0.472 e. The fourth-order valence-electron chi connectivity index (χ4n) is 6.50. The Morgan fingerprint density at radius 3 is 2.25 bits per heavy atom. The van der Waals surface area contributed by atoms with E-state index < -0.39 is 94.3 Å². The van der Waals surface area contributed by atoms with E-state index in [0.29, 0.717) is 27.3 Å². The van der Waals surface area contributed by atoms with Gasteiger partial charge in [-0.05, 0) is 53.3 Å². The molecule has 26 heteroatoms. The van der Waals surface area contributed by atoms with E-state index in [0.717, 1.165) is 18.6 Å². The SMILES string of the molecule is COc1ccc(C(=O)Oc2ccc(CSP3(=O)OC[C@H]4O[C@@H](n5ccc(=O)[nH]c5=O)[C@H](F)[C@@H]4OP(=O)(O)OC[C@H]4O[C@@H](n5cnc6c(N)ncnc65)[C@H](F)[C@@H]4O3)cc2)cc1. The normalized spacial score (nSPS) is 30.8. The van der Waals surface area contributed by atoms with Gasteiger partial charge in [-0.3, -0.25) is 37.0 Å². The molecule has 0 radical (unpaired) electrons. The quantitative estimate of drug-likeness (QED) is 0.114. The molecule has 0 aliphatic carbocycles. The number of H-pyrrole nitrogens is 1. The third kappa shape index (κ3) is 8.66. The van der Waals surface area contributed by atoms with E-state index in [9.17, 15) is 28.4 Å². The minimum atomic E-state index is -5.24. The summed E-state index contributed by atoms with van der Waals surface area (Å²) in [5.41, 5.74) is 5.01. The summed E-state index contributed by atoms with van der Waals surface area (Å²) in [6.45, 7) is -6.39. The Labute approximate surface area is 339 Å². The first kappa shape index (κ1) is 41.8. The van der Waals surface area contributed by atoms with Crippen molar-refractivity contribution in [2.24, 2.45) is 0 Å². The molecule has 4 N–H and O–H groups in total. The summed E-state index contributed by atoms with van der Waals surface area (Å²) in [4.78, 5) is 61.7. The first-order valence-electron chi connectivity index (χ1n) is 17.7. The molecular formula is C34H33F2N7O14P2S. The number of aromatic amines is 1. The van der Waals surface area contributed by atoms with Crippen LogP contribution in [0.3, 0.4) is 0 Å². The van der Waals surface area contributed by atoms with Crippen LogP contribution in [0.4, 0.5) is 14.6 Å². The minimum absolute atomic E-state index is 0.0130. The van der Waals surface area contributed by atoms with Crippen molar-refractivity contribution >= 4 is 49.0 Å². The van der Waals surface area contributed by atoms with Crippen LogP contribution in [0.1, 0.15) is 28.4 Å². The molecule has 10 atom stereocenters. The van der Waals surface area contributed by atoms with Crippen LogP contribution in [-0.2, 0) is 42.5 Å². The van der Waals surface area contributed by atoms with E-state index >= 15 is 8.78 Å². The molecule has 8 rings (SSSR count). The predicted molar refractivity (Wildman–Crippen MR) is 203 cm³/mol. The lowest BCUT2D eigenvalue weighted by molar-refractivity contribution is -0.0616. The van der Waals surface area contributed by atoms with Gasteiger partial charge in [-0.25, -0.2) is 42.5 Å². The van der Waals surface area contributed by atoms with Crippen molar-refractivity contribution in [3.8, 4) is 11.5 Å². The van der Waals surface area contributed by atoms with Gasteiger partial charge in [-0.2, -0.15) is 0 Å². The van der Waals surface area contributed by atoms with Gasteiger partial charge in [-0.15, -0.1) is 0 Å². The number of alkyl halides is 2. The summed E-state index contributed by atoms with van der Waals surface area (Å²) in [5.74, 6) is -0.0133. The summed E-state index contributed by atoms with van der Waals surface area (Å²) >= 11 is 0.597. The fraction of sp³-hybridized carbons (Fsp3) is 0.353. The number of carbonyl (C=O) groups excluding carboxylic acids is 1. The van der Waals surface area contributed by atoms with Crippen molar-refractivity contribution in [3.05, 3.63) is 105 Å². The first-order chi connectivity index (χ1) is 28.7. The molecule has 3 aliphatic rings. The number of nitrogens with two attached hydrogens (primary N) is 1. The molecule has 3 saturated heterocycles. The van der Waals surface area contributed by atoms with E-state index in [1.165, 1.54) is 42.3 Å². The van der Waals surface area contributed by atoms with Gasteiger partial charge in [0.15, 0.2) is 36.3 Å². The summed E-state index contributed by atoms with van der Waals surface area (Å²) in [6.07, 6.45) is -11.8. The number of esters is 1. The Kier molecular flexibility index (Phi) is 11.8. The summed E-state index contributed by atoms with van der Waals surface area (Å²) < 4.78 is 107. The molecule has 3 aromatic heterocycles. The van der Waals surface area contributed by atoms with Gasteiger partial charge in [0, 0.05) is 18.0 Å². The van der Waals surface area contributed by atoms with E-state index in [4.69, 9.17) is 42.8 Å². The second-order valence-corrected chi connectivity index (χ2v) is 18.7. The monoisotopic (exact) mass is 895 g/mol. The lowest BCUT2D eigenvalue weighted by Gasteiger charge is -2.29. The average molecular weight is 896 g/mol. The number of anilines is 1. The van der Waals surface area contributed by atoms with Crippen molar-refractivity contribution in [2.45, 2.75) is 55.0 Å². The van der Waals surface area contributed by atoms with E-state index in [2.05, 4.69) is 15.0 Å². The van der Waals surface area contributed by atoms with Crippen LogP contribution in [0, 0.1) is 0 Å². The van der Waals surface area contributed by atoms with E-state index in [1.807, 2.05) is 4.98 Å². The number of aromatic nitrogens is 6. The van der Waals surface area contributed by atoms with Crippen LogP contribution in [-0.4, -0.2) is 97.0 Å². The standard InChI is InChI=1S/C34H33F2N7O14P2S/c1-50-19-8-4-18(5-9-19)33(45)53-20-6-2-17(3-7-20)14-60-59(49)52-13-22-27(24(35)31(54-22)42-11-10-23(44)41-34(42)46)56-58(47,48)51-12-21-28(57-59)25(36)32(55-21)43-16-40-26-29(37)38-15-39-30(26)43/h2-11,15-16,21-22,24-25,27-28,31-32H,12-14H2,1H3,(H,47,48)(H2,37,38,39)(H,41,44,46)/t21-,22-,24-,25-,27-,28-,31-,32-,59?/m1/s1. The Balaban J connectivity index is 1.06. The largest absolute Gasteiger partial charge is 0.497 e. The third-order valence-corrected chi connectivity index (χ3v) is 14.1. The Morgan fingerprint density at radius 2 is 1.57 bits per heavy atom. The molecule has 3 aliphatic heterocycles. The number of benzene rings is 2. The number of nitrogen functional groups attached to an aromatic ring is 1. The summed E-state index contributed by atoms with van der Waals surface area (Å²) in [5, 5.41) is 0. The minimum Gasteiger partial charge on any atom is -0.497 e. The van der Waals surface area contributed by atoms with Gasteiger partial charge >= 0.3 is 26.3 Å². The molecule has 2 unspecified atom stereocenters. The molecule has 2 aromatic carbocycles. The Hall–Kier alpha value is -4.87. The summed E-state index contributed by atoms with van der Waals surface area (Å²) in [6, 6.07) is 13.3. The average Bonchev–Trinajstić information content (AvgIpc) is 3.89. The molecule has 21 nitrogen and oxygen atoms in total. The number of carbonyl (C=O) groups is 1. The summed E-state index contributed by atoms with van der Waals surface area (Å²) in [7, 11) is -3.75. The van der Waals surface area contributed by atoms with Gasteiger partial charge in [0.25, 0.3) is 5.56 Å². The highest BCUT2D eigenvalue weighted by Crippen LogP contribution is 2.65. The number of hydrogen-bond donors (Lipinski definition) is 3. The second kappa shape index (κ2) is 16.9. The predicted octanol–water partition coefficient (Wildman–Crippen LogP) is 3.62. The molecule has 0 bridgehead atoms. The second-order valence-electron chi connectivity index (χ2n) is 13.3. The number of methoxy groups -OCH3 is 1. The number of imidazole rings is 1. The van der Waals surface area contributed by atoms with Crippen molar-refractivity contribution in [1.82, 2.24) is 29.1 Å². The maximum atomic E-state index is 16.7. The number of rotatable bonds is 8. The number of ether oxygens (including phenoxy) is 4. The third-order valence-electron chi connectivity index (χ3n) is 9.47. The highest BCUT2D eigenvalue weighted by atomic mass is 32.7. The molecule has 0 amide bonds. The van der Waals surface area contributed by atoms with Crippen LogP contribution in [0.2, 0.25) is 0 Å². The van der Waals surface area contributed by atoms with Crippen LogP contribution in [0.5, 0.6) is 11.5 Å². The fourth-order valence-corrected chi connectivity index (χ4v) is 10.8. The zero-order chi connectivity index (χ0) is 42.3. The van der Waals surface area contributed by atoms with Gasteiger partial charge in [0.05, 0.1) is 32.2 Å². The molecule has 5 aromatic rings. The van der Waals surface area contributed by atoms with Crippen molar-refractivity contribution < 1.29 is 64.6 Å². The topological polar surface area (TPSA) is 270 Å². The highest BCUT2D eigenvalue weighted by molar-refractivity contribution is 8.54. The van der Waals surface area contributed by atoms with Gasteiger partial charge < -0.3 is 29.6 Å². The maximum absolute atomic E-state index is 16.7. The molecule has 6 heterocycles. The lowest BCUT2D eigenvalue weighted by Crippen LogP contribution is -2.38. The van der Waals surface area contributed by atoms with E-state index in [1.54, 1.807) is 24.3 Å². The number of hydrogen-bond acceptors (Lipinski definition) is 18. The zero-order valence-corrected chi connectivity index (χ0v) is 33.4. The molecular weight excluding hydrogens is 862 g/mol. The molecule has 318 valence electrons. The number of nitrogens with zero attached hydrogens (tertiary/aromatic N) is 5. The van der Waals surface area contributed by atoms with Crippen LogP contribution < -0.4 is 26.5 Å². The highest BCUT2D eigenvalue weighted by Gasteiger charge is 2.55. The van der Waals surface area contributed by atoms with Crippen molar-refractivity contribution in [3.63, 3.8) is 0 Å². The van der Waals surface area contributed by atoms with Gasteiger partial charge in [-0.1, -0.05) is 12.1 Å². The molecule has 0 saturated carbocycles. The van der Waals surface area contributed by atoms with E-state index in [-0.39, 0.29) is 34.0 Å². The Bertz CT molecular complexity index is 2600. The van der Waals surface area contributed by atoms with Crippen LogP contribution in [0.15, 0.2) is 83.0 Å². The first-order valence-corrected chi connectivity index (χ1v) is 22.4. The van der Waals surface area contributed by atoms with Gasteiger partial charge in [0.2, 0.25) is 0 Å². The van der Waals surface area contributed by atoms with Crippen molar-refractivity contribution in [1.29, 1.82) is 0 Å². The number of halogens is 2. The van der Waals surface area contributed by atoms with Crippen LogP contribution >= 0.6 is 26.0 Å². The van der Waals surface area contributed by atoms with Crippen LogP contribution in [0.25, 0.3) is 11.2 Å². The molecule has 60 heavy (non-hydrogen) atoms. The number of phosphoric ester groups is 1. The zero-order valence-electron chi connectivity index (χ0n) is 30.8. The number of nitrogens with one attached hydrogen (secondary N) is 1. The molecule has 3 fully saturated rings. The number of phosphoric acid groups is 1. The Morgan fingerprint density at radius 1 is 0.917 bits per heavy atom. The number of fused-ring (bicyclic) bond motifs is 3. The molecule has 0 spiro atoms. The maximum Gasteiger partial charge on any atom is 0.472 e. The van der Waals surface area contributed by atoms with Gasteiger partial charge in [0.1, 0.15) is 47.8 Å². The lowest BCUT2D eigenvalue weighted by atomic mass is 10.1.